The van der Waals surface area contributed by atoms with E-state index in [2.05, 4.69) is 11.8 Å². The summed E-state index contributed by atoms with van der Waals surface area (Å²) in [5, 5.41) is 0. The molecule has 1 saturated heterocycles. The SMILES string of the molecule is CC1CN(S(=O)(=O)Cc2ccc(CCl)cc2)CC1N(C)C. The van der Waals surface area contributed by atoms with E-state index in [1.54, 1.807) is 4.31 Å². The molecule has 1 aliphatic heterocycles. The first-order valence-corrected chi connectivity index (χ1v) is 9.26. The third-order valence-electron chi connectivity index (χ3n) is 4.12. The van der Waals surface area contributed by atoms with Crippen LogP contribution in [0.4, 0.5) is 0 Å². The van der Waals surface area contributed by atoms with Crippen LogP contribution < -0.4 is 0 Å². The van der Waals surface area contributed by atoms with Crippen molar-refractivity contribution in [2.24, 2.45) is 5.92 Å². The second kappa shape index (κ2) is 6.65. The topological polar surface area (TPSA) is 40.6 Å². The first kappa shape index (κ1) is 16.7. The third-order valence-corrected chi connectivity index (χ3v) is 6.21. The summed E-state index contributed by atoms with van der Waals surface area (Å²) in [7, 11) is 0.746. The number of alkyl halides is 1. The van der Waals surface area contributed by atoms with Gasteiger partial charge in [-0.05, 0) is 31.1 Å². The second-order valence-corrected chi connectivity index (χ2v) is 8.27. The molecule has 1 heterocycles. The van der Waals surface area contributed by atoms with Crippen molar-refractivity contribution >= 4 is 21.6 Å². The van der Waals surface area contributed by atoms with Crippen LogP contribution in [0.1, 0.15) is 18.1 Å². The van der Waals surface area contributed by atoms with Crippen LogP contribution in [0.15, 0.2) is 24.3 Å². The van der Waals surface area contributed by atoms with Gasteiger partial charge in [0.2, 0.25) is 10.0 Å². The molecule has 0 aromatic heterocycles. The van der Waals surface area contributed by atoms with Crippen LogP contribution in [0.5, 0.6) is 0 Å². The normalized spacial score (nSPS) is 23.9. The Morgan fingerprint density at radius 3 is 2.24 bits per heavy atom. The maximum atomic E-state index is 12.6. The first-order chi connectivity index (χ1) is 9.83. The van der Waals surface area contributed by atoms with E-state index in [-0.39, 0.29) is 5.75 Å². The number of hydrogen-bond acceptors (Lipinski definition) is 3. The number of rotatable bonds is 5. The van der Waals surface area contributed by atoms with Gasteiger partial charge in [-0.25, -0.2) is 8.42 Å². The number of nitrogens with zero attached hydrogens (tertiary/aromatic N) is 2. The van der Waals surface area contributed by atoms with E-state index >= 15 is 0 Å². The van der Waals surface area contributed by atoms with Crippen molar-refractivity contribution in [2.75, 3.05) is 27.2 Å². The van der Waals surface area contributed by atoms with Crippen molar-refractivity contribution in [3.05, 3.63) is 35.4 Å². The standard InChI is InChI=1S/C15H23ClN2O2S/c1-12-9-18(10-15(12)17(2)3)21(19,20)11-14-6-4-13(8-16)5-7-14/h4-7,12,15H,8-11H2,1-3H3. The monoisotopic (exact) mass is 330 g/mol. The Morgan fingerprint density at radius 2 is 1.76 bits per heavy atom. The lowest BCUT2D eigenvalue weighted by Gasteiger charge is -2.22. The lowest BCUT2D eigenvalue weighted by Crippen LogP contribution is -2.36. The fraction of sp³-hybridized carbons (Fsp3) is 0.600. The van der Waals surface area contributed by atoms with Crippen molar-refractivity contribution < 1.29 is 8.42 Å². The minimum absolute atomic E-state index is 0.0580. The van der Waals surface area contributed by atoms with E-state index in [0.29, 0.717) is 30.9 Å². The molecule has 0 amide bonds. The minimum atomic E-state index is -3.26. The molecule has 0 N–H and O–H groups in total. The van der Waals surface area contributed by atoms with E-state index in [4.69, 9.17) is 11.6 Å². The molecule has 4 nitrogen and oxygen atoms in total. The number of likely N-dealkylation sites (N-methyl/N-ethyl adjacent to an activating group) is 1. The third kappa shape index (κ3) is 3.97. The molecule has 118 valence electrons. The molecule has 2 unspecified atom stereocenters. The quantitative estimate of drug-likeness (QED) is 0.777. The zero-order valence-electron chi connectivity index (χ0n) is 12.8. The Balaban J connectivity index is 2.08. The highest BCUT2D eigenvalue weighted by atomic mass is 35.5. The van der Waals surface area contributed by atoms with Gasteiger partial charge in [0.25, 0.3) is 0 Å². The molecule has 0 bridgehead atoms. The fourth-order valence-electron chi connectivity index (χ4n) is 2.83. The van der Waals surface area contributed by atoms with Crippen molar-refractivity contribution in [3.63, 3.8) is 0 Å². The molecule has 1 aromatic rings. The Labute approximate surface area is 132 Å². The zero-order chi connectivity index (χ0) is 15.6. The van der Waals surface area contributed by atoms with Gasteiger partial charge in [-0.15, -0.1) is 11.6 Å². The molecule has 1 aromatic carbocycles. The Hall–Kier alpha value is -0.620. The molecule has 1 fully saturated rings. The average Bonchev–Trinajstić information content (AvgIpc) is 2.82. The van der Waals surface area contributed by atoms with Gasteiger partial charge < -0.3 is 4.90 Å². The summed E-state index contributed by atoms with van der Waals surface area (Å²) in [6.45, 7) is 3.29. The van der Waals surface area contributed by atoms with Crippen molar-refractivity contribution in [1.82, 2.24) is 9.21 Å². The molecule has 0 aliphatic carbocycles. The van der Waals surface area contributed by atoms with Crippen LogP contribution in [0.2, 0.25) is 0 Å². The van der Waals surface area contributed by atoms with E-state index in [1.165, 1.54) is 0 Å². The predicted molar refractivity (Wildman–Crippen MR) is 86.8 cm³/mol. The summed E-state index contributed by atoms with van der Waals surface area (Å²) in [4.78, 5) is 2.11. The lowest BCUT2D eigenvalue weighted by atomic mass is 10.1. The summed E-state index contributed by atoms with van der Waals surface area (Å²) < 4.78 is 26.7. The van der Waals surface area contributed by atoms with Crippen LogP contribution in [0, 0.1) is 5.92 Å². The summed E-state index contributed by atoms with van der Waals surface area (Å²) in [6.07, 6.45) is 0. The van der Waals surface area contributed by atoms with E-state index in [0.717, 1.165) is 11.1 Å². The smallest absolute Gasteiger partial charge is 0.218 e. The summed E-state index contributed by atoms with van der Waals surface area (Å²) in [6, 6.07) is 7.75. The number of halogens is 1. The van der Waals surface area contributed by atoms with Gasteiger partial charge in [-0.2, -0.15) is 4.31 Å². The maximum Gasteiger partial charge on any atom is 0.218 e. The molecule has 0 spiro atoms. The summed E-state index contributed by atoms with van der Waals surface area (Å²) in [5.41, 5.74) is 1.81. The molecular formula is C15H23ClN2O2S. The Morgan fingerprint density at radius 1 is 1.19 bits per heavy atom. The van der Waals surface area contributed by atoms with Crippen molar-refractivity contribution in [1.29, 1.82) is 0 Å². The van der Waals surface area contributed by atoms with Gasteiger partial charge >= 0.3 is 0 Å². The van der Waals surface area contributed by atoms with Gasteiger partial charge in [-0.1, -0.05) is 31.2 Å². The highest BCUT2D eigenvalue weighted by Crippen LogP contribution is 2.24. The molecule has 1 aliphatic rings. The molecule has 2 rings (SSSR count). The van der Waals surface area contributed by atoms with E-state index in [1.807, 2.05) is 38.4 Å². The average molecular weight is 331 g/mol. The highest BCUT2D eigenvalue weighted by Gasteiger charge is 2.37. The largest absolute Gasteiger partial charge is 0.305 e. The molecule has 2 atom stereocenters. The van der Waals surface area contributed by atoms with Crippen molar-refractivity contribution in [2.45, 2.75) is 24.6 Å². The predicted octanol–water partition coefficient (Wildman–Crippen LogP) is 2.14. The molecule has 0 radical (unpaired) electrons. The number of benzene rings is 1. The lowest BCUT2D eigenvalue weighted by molar-refractivity contribution is 0.263. The molecule has 6 heteroatoms. The van der Waals surface area contributed by atoms with Gasteiger partial charge in [0.15, 0.2) is 0 Å². The molecular weight excluding hydrogens is 308 g/mol. The number of sulfonamides is 1. The minimum Gasteiger partial charge on any atom is -0.305 e. The van der Waals surface area contributed by atoms with Crippen LogP contribution in [0.3, 0.4) is 0 Å². The van der Waals surface area contributed by atoms with Gasteiger partial charge in [-0.3, -0.25) is 0 Å². The Kier molecular flexibility index (Phi) is 5.30. The number of hydrogen-bond donors (Lipinski definition) is 0. The van der Waals surface area contributed by atoms with Crippen molar-refractivity contribution in [3.8, 4) is 0 Å². The summed E-state index contributed by atoms with van der Waals surface area (Å²) in [5.74, 6) is 0.859. The van der Waals surface area contributed by atoms with Gasteiger partial charge in [0.05, 0.1) is 5.75 Å². The zero-order valence-corrected chi connectivity index (χ0v) is 14.4. The van der Waals surface area contributed by atoms with Crippen LogP contribution in [-0.4, -0.2) is 50.8 Å². The molecule has 21 heavy (non-hydrogen) atoms. The van der Waals surface area contributed by atoms with Crippen LogP contribution in [0.25, 0.3) is 0 Å². The van der Waals surface area contributed by atoms with Gasteiger partial charge in [0, 0.05) is 25.0 Å². The van der Waals surface area contributed by atoms with Crippen LogP contribution in [-0.2, 0) is 21.7 Å². The fourth-order valence-corrected chi connectivity index (χ4v) is 4.65. The molecule has 0 saturated carbocycles. The first-order valence-electron chi connectivity index (χ1n) is 7.11. The maximum absolute atomic E-state index is 12.6. The van der Waals surface area contributed by atoms with E-state index in [9.17, 15) is 8.42 Å². The second-order valence-electron chi connectivity index (χ2n) is 6.03. The van der Waals surface area contributed by atoms with Gasteiger partial charge in [0.1, 0.15) is 0 Å². The summed E-state index contributed by atoms with van der Waals surface area (Å²) >= 11 is 5.75. The Bertz CT molecular complexity index is 572. The van der Waals surface area contributed by atoms with Crippen LogP contribution >= 0.6 is 11.6 Å². The van der Waals surface area contributed by atoms with E-state index < -0.39 is 10.0 Å². The highest BCUT2D eigenvalue weighted by molar-refractivity contribution is 7.88.